The average Bonchev–Trinajstić information content (AvgIpc) is 2.73. The number of amides is 1. The zero-order chi connectivity index (χ0) is 21.3. The minimum atomic E-state index is -0.444. The summed E-state index contributed by atoms with van der Waals surface area (Å²) in [7, 11) is 1.40. The average molecular weight is 409 g/mol. The molecular formula is C22H23N3O5. The molecule has 0 spiro atoms. The van der Waals surface area contributed by atoms with Crippen LogP contribution in [0.2, 0.25) is 0 Å². The van der Waals surface area contributed by atoms with E-state index >= 15 is 0 Å². The number of para-hydroxylation sites is 1. The molecule has 0 aliphatic carbocycles. The molecule has 0 radical (unpaired) electrons. The lowest BCUT2D eigenvalue weighted by atomic mass is 9.97. The molecule has 2 aromatic heterocycles. The minimum absolute atomic E-state index is 0.0981. The Labute approximate surface area is 172 Å². The van der Waals surface area contributed by atoms with E-state index in [0.717, 1.165) is 5.39 Å². The summed E-state index contributed by atoms with van der Waals surface area (Å²) in [4.78, 5) is 43.1. The van der Waals surface area contributed by atoms with Crippen molar-refractivity contribution in [3.8, 4) is 0 Å². The normalized spacial score (nSPS) is 15.4. The maximum Gasteiger partial charge on any atom is 0.346 e. The summed E-state index contributed by atoms with van der Waals surface area (Å²) in [6.07, 6.45) is 1.35. The van der Waals surface area contributed by atoms with Gasteiger partial charge in [0.05, 0.1) is 30.5 Å². The lowest BCUT2D eigenvalue weighted by molar-refractivity contribution is -0.147. The first-order chi connectivity index (χ1) is 14.5. The highest BCUT2D eigenvalue weighted by Gasteiger charge is 2.26. The molecule has 0 bridgehead atoms. The molecule has 30 heavy (non-hydrogen) atoms. The Balaban J connectivity index is 1.52. The van der Waals surface area contributed by atoms with E-state index in [4.69, 9.17) is 9.15 Å². The van der Waals surface area contributed by atoms with Gasteiger partial charge in [-0.1, -0.05) is 12.1 Å². The maximum absolute atomic E-state index is 12.6. The van der Waals surface area contributed by atoms with Gasteiger partial charge in [0.2, 0.25) is 5.91 Å². The number of likely N-dealkylation sites (tertiary alicyclic amines) is 1. The highest BCUT2D eigenvalue weighted by molar-refractivity contribution is 6.04. The van der Waals surface area contributed by atoms with Crippen molar-refractivity contribution in [2.24, 2.45) is 5.92 Å². The Kier molecular flexibility index (Phi) is 5.50. The number of nitrogens with zero attached hydrogens (tertiary/aromatic N) is 2. The van der Waals surface area contributed by atoms with Gasteiger partial charge in [-0.05, 0) is 56.6 Å². The number of benzene rings is 1. The van der Waals surface area contributed by atoms with Gasteiger partial charge in [-0.2, -0.15) is 0 Å². The van der Waals surface area contributed by atoms with Crippen LogP contribution in [0.4, 0.5) is 5.82 Å². The van der Waals surface area contributed by atoms with E-state index in [1.54, 1.807) is 25.1 Å². The van der Waals surface area contributed by atoms with Gasteiger partial charge in [0, 0.05) is 5.39 Å². The smallest absolute Gasteiger partial charge is 0.346 e. The number of hydrogen-bond acceptors (Lipinski definition) is 7. The molecular weight excluding hydrogens is 386 g/mol. The van der Waals surface area contributed by atoms with E-state index in [2.05, 4.69) is 10.3 Å². The van der Waals surface area contributed by atoms with E-state index in [1.807, 2.05) is 17.0 Å². The molecule has 8 nitrogen and oxygen atoms in total. The summed E-state index contributed by atoms with van der Waals surface area (Å²) < 4.78 is 10.2. The number of rotatable bonds is 4. The molecule has 156 valence electrons. The third-order valence-corrected chi connectivity index (χ3v) is 5.52. The number of carbonyl (C=O) groups is 2. The summed E-state index contributed by atoms with van der Waals surface area (Å²) in [5, 5.41) is 3.97. The summed E-state index contributed by atoms with van der Waals surface area (Å²) in [6.45, 7) is 3.32. The Morgan fingerprint density at radius 3 is 2.73 bits per heavy atom. The zero-order valence-corrected chi connectivity index (χ0v) is 16.9. The van der Waals surface area contributed by atoms with Crippen LogP contribution in [0.1, 0.15) is 18.4 Å². The lowest BCUT2D eigenvalue weighted by Crippen LogP contribution is -2.41. The molecule has 1 N–H and O–H groups in total. The van der Waals surface area contributed by atoms with Crippen molar-refractivity contribution in [1.82, 2.24) is 9.88 Å². The molecule has 1 aliphatic rings. The number of nitrogens with one attached hydrogen (secondary N) is 1. The van der Waals surface area contributed by atoms with Gasteiger partial charge in [0.15, 0.2) is 0 Å². The van der Waals surface area contributed by atoms with Crippen molar-refractivity contribution in [3.63, 3.8) is 0 Å². The molecule has 1 fully saturated rings. The number of piperidine rings is 1. The van der Waals surface area contributed by atoms with Crippen LogP contribution in [-0.4, -0.2) is 48.5 Å². The quantitative estimate of drug-likeness (QED) is 0.401. The molecule has 3 aromatic rings. The fraction of sp³-hybridized carbons (Fsp3) is 0.364. The topological polar surface area (TPSA) is 102 Å². The summed E-state index contributed by atoms with van der Waals surface area (Å²) >= 11 is 0. The van der Waals surface area contributed by atoms with Crippen LogP contribution in [0.3, 0.4) is 0 Å². The molecule has 1 aliphatic heterocycles. The number of anilines is 1. The van der Waals surface area contributed by atoms with E-state index in [-0.39, 0.29) is 24.3 Å². The van der Waals surface area contributed by atoms with Crippen LogP contribution in [0.5, 0.6) is 0 Å². The number of hydrogen-bond donors (Lipinski definition) is 1. The molecule has 1 saturated heterocycles. The van der Waals surface area contributed by atoms with Gasteiger partial charge in [0.1, 0.15) is 11.4 Å². The molecule has 3 heterocycles. The molecule has 8 heteroatoms. The first-order valence-electron chi connectivity index (χ1n) is 9.89. The summed E-state index contributed by atoms with van der Waals surface area (Å²) in [5.41, 5.74) is 1.21. The van der Waals surface area contributed by atoms with Crippen LogP contribution >= 0.6 is 0 Å². The number of ether oxygens (including phenoxy) is 1. The van der Waals surface area contributed by atoms with E-state index < -0.39 is 5.63 Å². The third-order valence-electron chi connectivity index (χ3n) is 5.52. The van der Waals surface area contributed by atoms with Crippen LogP contribution in [-0.2, 0) is 14.3 Å². The number of methoxy groups -OCH3 is 1. The van der Waals surface area contributed by atoms with Gasteiger partial charge >= 0.3 is 11.6 Å². The Morgan fingerprint density at radius 1 is 1.27 bits per heavy atom. The summed E-state index contributed by atoms with van der Waals surface area (Å²) in [5.74, 6) is -0.0824. The second kappa shape index (κ2) is 8.23. The van der Waals surface area contributed by atoms with Crippen LogP contribution in [0.25, 0.3) is 21.9 Å². The van der Waals surface area contributed by atoms with Crippen molar-refractivity contribution in [2.45, 2.75) is 19.8 Å². The number of fused-ring (bicyclic) bond motifs is 3. The first-order valence-corrected chi connectivity index (χ1v) is 9.89. The van der Waals surface area contributed by atoms with Crippen molar-refractivity contribution in [1.29, 1.82) is 0 Å². The number of carbonyl (C=O) groups excluding carboxylic acids is 2. The van der Waals surface area contributed by atoms with Crippen LogP contribution in [0.15, 0.2) is 39.5 Å². The van der Waals surface area contributed by atoms with Crippen molar-refractivity contribution in [3.05, 3.63) is 46.3 Å². The molecule has 1 aromatic carbocycles. The highest BCUT2D eigenvalue weighted by atomic mass is 16.5. The van der Waals surface area contributed by atoms with E-state index in [9.17, 15) is 14.4 Å². The van der Waals surface area contributed by atoms with E-state index in [1.165, 1.54) is 7.11 Å². The standard InChI is InChI=1S/C22H23N3O5/c1-13-11-17(23-18(26)12-25-9-7-14(8-10-25)21(27)29-2)24-20-15-5-3-4-6-16(15)30-22(28)19(13)20/h3-6,11,14H,7-10,12H2,1-2H3,(H,23,24,26). The lowest BCUT2D eigenvalue weighted by Gasteiger charge is -2.29. The fourth-order valence-electron chi connectivity index (χ4n) is 3.97. The fourth-order valence-corrected chi connectivity index (χ4v) is 3.97. The first kappa shape index (κ1) is 20.0. The number of aromatic nitrogens is 1. The largest absolute Gasteiger partial charge is 0.469 e. The molecule has 0 atom stereocenters. The highest BCUT2D eigenvalue weighted by Crippen LogP contribution is 2.25. The van der Waals surface area contributed by atoms with Crippen molar-refractivity contribution >= 4 is 39.6 Å². The Morgan fingerprint density at radius 2 is 2.00 bits per heavy atom. The monoisotopic (exact) mass is 409 g/mol. The molecule has 0 saturated carbocycles. The molecule has 1 amide bonds. The molecule has 0 unspecified atom stereocenters. The number of aryl methyl sites for hydroxylation is 1. The van der Waals surface area contributed by atoms with E-state index in [0.29, 0.717) is 53.8 Å². The van der Waals surface area contributed by atoms with Gasteiger partial charge in [-0.3, -0.25) is 14.5 Å². The maximum atomic E-state index is 12.6. The van der Waals surface area contributed by atoms with Gasteiger partial charge < -0.3 is 14.5 Å². The van der Waals surface area contributed by atoms with Crippen molar-refractivity contribution in [2.75, 3.05) is 32.1 Å². The predicted octanol–water partition coefficient (Wildman–Crippen LogP) is 2.47. The SMILES string of the molecule is COC(=O)C1CCN(CC(=O)Nc2cc(C)c3c(=O)oc4ccccc4c3n2)CC1. The minimum Gasteiger partial charge on any atom is -0.469 e. The zero-order valence-electron chi connectivity index (χ0n) is 16.9. The molecule has 4 rings (SSSR count). The second-order valence-electron chi connectivity index (χ2n) is 7.56. The van der Waals surface area contributed by atoms with Crippen LogP contribution < -0.4 is 10.9 Å². The van der Waals surface area contributed by atoms with Gasteiger partial charge in [0.25, 0.3) is 0 Å². The predicted molar refractivity (Wildman–Crippen MR) is 112 cm³/mol. The van der Waals surface area contributed by atoms with Gasteiger partial charge in [-0.25, -0.2) is 9.78 Å². The second-order valence-corrected chi connectivity index (χ2v) is 7.56. The Bertz CT molecular complexity index is 1180. The number of pyridine rings is 1. The summed E-state index contributed by atoms with van der Waals surface area (Å²) in [6, 6.07) is 8.87. The van der Waals surface area contributed by atoms with Crippen molar-refractivity contribution < 1.29 is 18.7 Å². The number of esters is 1. The Hall–Kier alpha value is -3.26. The third kappa shape index (κ3) is 3.91. The van der Waals surface area contributed by atoms with Gasteiger partial charge in [-0.15, -0.1) is 0 Å². The van der Waals surface area contributed by atoms with Crippen LogP contribution in [0, 0.1) is 12.8 Å².